The normalized spacial score (nSPS) is 10.8. The minimum atomic E-state index is 0.768. The molecule has 0 aliphatic rings. The van der Waals surface area contributed by atoms with Crippen molar-refractivity contribution in [2.24, 2.45) is 0 Å². The maximum atomic E-state index is 5.82. The van der Waals surface area contributed by atoms with Crippen molar-refractivity contribution in [3.63, 3.8) is 0 Å². The van der Waals surface area contributed by atoms with Crippen molar-refractivity contribution in [3.05, 3.63) is 29.3 Å². The number of rotatable bonds is 8. The molecular weight excluding hydrogens is 236 g/mol. The Morgan fingerprint density at radius 2 is 1.94 bits per heavy atom. The minimum Gasteiger partial charge on any atom is -0.384 e. The van der Waals surface area contributed by atoms with Gasteiger partial charge in [0.2, 0.25) is 0 Å². The van der Waals surface area contributed by atoms with Crippen molar-refractivity contribution >= 4 is 17.3 Å². The zero-order chi connectivity index (χ0) is 12.5. The van der Waals surface area contributed by atoms with Crippen LogP contribution in [0, 0.1) is 0 Å². The average molecular weight is 257 g/mol. The fourth-order valence-corrected chi connectivity index (χ4v) is 1.56. The van der Waals surface area contributed by atoms with Crippen molar-refractivity contribution < 1.29 is 4.74 Å². The van der Waals surface area contributed by atoms with E-state index < -0.39 is 0 Å². The molecule has 0 radical (unpaired) electrons. The Morgan fingerprint density at radius 1 is 1.24 bits per heavy atom. The van der Waals surface area contributed by atoms with E-state index in [1.54, 1.807) is 0 Å². The standard InChI is InChI=1S/C13H21ClN2O/c1-3-17-11-10-16(2)9-8-15-13-6-4-12(14)5-7-13/h4-7,15H,3,8-11H2,1-2H3. The summed E-state index contributed by atoms with van der Waals surface area (Å²) in [6.07, 6.45) is 0. The van der Waals surface area contributed by atoms with Crippen molar-refractivity contribution in [1.29, 1.82) is 0 Å². The second-order valence-corrected chi connectivity index (χ2v) is 4.37. The minimum absolute atomic E-state index is 0.768. The number of nitrogens with zero attached hydrogens (tertiary/aromatic N) is 1. The molecule has 0 fully saturated rings. The topological polar surface area (TPSA) is 24.5 Å². The number of hydrogen-bond acceptors (Lipinski definition) is 3. The Hall–Kier alpha value is -0.770. The van der Waals surface area contributed by atoms with Crippen molar-refractivity contribution in [3.8, 4) is 0 Å². The van der Waals surface area contributed by atoms with Gasteiger partial charge in [-0.3, -0.25) is 0 Å². The quantitative estimate of drug-likeness (QED) is 0.724. The predicted octanol–water partition coefficient (Wildman–Crippen LogP) is 2.72. The summed E-state index contributed by atoms with van der Waals surface area (Å²) in [6.45, 7) is 6.49. The van der Waals surface area contributed by atoms with Crippen LogP contribution in [0.5, 0.6) is 0 Å². The first-order valence-corrected chi connectivity index (χ1v) is 6.36. The van der Waals surface area contributed by atoms with Crippen LogP contribution < -0.4 is 5.32 Å². The number of benzene rings is 1. The van der Waals surface area contributed by atoms with E-state index in [-0.39, 0.29) is 0 Å². The van der Waals surface area contributed by atoms with Crippen molar-refractivity contribution in [1.82, 2.24) is 4.90 Å². The van der Waals surface area contributed by atoms with E-state index in [1.807, 2.05) is 31.2 Å². The van der Waals surface area contributed by atoms with Gasteiger partial charge in [-0.15, -0.1) is 0 Å². The molecule has 1 aromatic rings. The lowest BCUT2D eigenvalue weighted by Gasteiger charge is -2.17. The number of halogens is 1. The first-order chi connectivity index (χ1) is 8.22. The highest BCUT2D eigenvalue weighted by Gasteiger charge is 1.98. The fraction of sp³-hybridized carbons (Fsp3) is 0.538. The van der Waals surface area contributed by atoms with Crippen LogP contribution in [0.2, 0.25) is 5.02 Å². The molecule has 0 saturated carbocycles. The lowest BCUT2D eigenvalue weighted by molar-refractivity contribution is 0.123. The zero-order valence-corrected chi connectivity index (χ0v) is 11.3. The molecule has 17 heavy (non-hydrogen) atoms. The van der Waals surface area contributed by atoms with E-state index in [4.69, 9.17) is 16.3 Å². The summed E-state index contributed by atoms with van der Waals surface area (Å²) in [5, 5.41) is 4.12. The Bertz CT molecular complexity index is 303. The number of ether oxygens (including phenoxy) is 1. The molecule has 1 N–H and O–H groups in total. The lowest BCUT2D eigenvalue weighted by Crippen LogP contribution is -2.28. The molecule has 0 spiro atoms. The molecule has 1 aromatic carbocycles. The second-order valence-electron chi connectivity index (χ2n) is 3.93. The fourth-order valence-electron chi connectivity index (χ4n) is 1.44. The van der Waals surface area contributed by atoms with Gasteiger partial charge in [-0.25, -0.2) is 0 Å². The van der Waals surface area contributed by atoms with Gasteiger partial charge >= 0.3 is 0 Å². The maximum Gasteiger partial charge on any atom is 0.0593 e. The van der Waals surface area contributed by atoms with Crippen LogP contribution in [0.15, 0.2) is 24.3 Å². The SMILES string of the molecule is CCOCCN(C)CCNc1ccc(Cl)cc1. The van der Waals surface area contributed by atoms with E-state index in [9.17, 15) is 0 Å². The van der Waals surface area contributed by atoms with E-state index in [0.717, 1.165) is 43.6 Å². The monoisotopic (exact) mass is 256 g/mol. The van der Waals surface area contributed by atoms with Gasteiger partial charge in [-0.05, 0) is 38.2 Å². The summed E-state index contributed by atoms with van der Waals surface area (Å²) >= 11 is 5.82. The van der Waals surface area contributed by atoms with E-state index >= 15 is 0 Å². The van der Waals surface area contributed by atoms with Crippen LogP contribution in [0.1, 0.15) is 6.92 Å². The number of anilines is 1. The molecule has 1 rings (SSSR count). The molecule has 0 bridgehead atoms. The smallest absolute Gasteiger partial charge is 0.0593 e. The first kappa shape index (κ1) is 14.3. The lowest BCUT2D eigenvalue weighted by atomic mass is 10.3. The first-order valence-electron chi connectivity index (χ1n) is 5.98. The van der Waals surface area contributed by atoms with Crippen LogP contribution in [0.3, 0.4) is 0 Å². The molecular formula is C13H21ClN2O. The Kier molecular flexibility index (Phi) is 7.01. The van der Waals surface area contributed by atoms with Crippen LogP contribution in [-0.4, -0.2) is 44.8 Å². The van der Waals surface area contributed by atoms with Gasteiger partial charge in [0.05, 0.1) is 6.61 Å². The van der Waals surface area contributed by atoms with Crippen molar-refractivity contribution in [2.75, 3.05) is 45.2 Å². The van der Waals surface area contributed by atoms with Gasteiger partial charge in [0.25, 0.3) is 0 Å². The Morgan fingerprint density at radius 3 is 2.59 bits per heavy atom. The summed E-state index contributed by atoms with van der Waals surface area (Å²) in [7, 11) is 2.10. The third-order valence-electron chi connectivity index (χ3n) is 2.49. The van der Waals surface area contributed by atoms with Gasteiger partial charge in [0.1, 0.15) is 0 Å². The third kappa shape index (κ3) is 6.51. The molecule has 0 heterocycles. The second kappa shape index (κ2) is 8.34. The summed E-state index contributed by atoms with van der Waals surface area (Å²) in [5.74, 6) is 0. The molecule has 96 valence electrons. The van der Waals surface area contributed by atoms with Crippen LogP contribution in [0.4, 0.5) is 5.69 Å². The summed E-state index contributed by atoms with van der Waals surface area (Å²) in [6, 6.07) is 7.76. The van der Waals surface area contributed by atoms with Gasteiger partial charge < -0.3 is 15.0 Å². The van der Waals surface area contributed by atoms with Crippen molar-refractivity contribution in [2.45, 2.75) is 6.92 Å². The number of hydrogen-bond donors (Lipinski definition) is 1. The molecule has 4 heteroatoms. The predicted molar refractivity (Wildman–Crippen MR) is 73.9 cm³/mol. The Labute approximate surface area is 109 Å². The van der Waals surface area contributed by atoms with E-state index in [1.165, 1.54) is 0 Å². The molecule has 0 saturated heterocycles. The summed E-state index contributed by atoms with van der Waals surface area (Å²) in [4.78, 5) is 2.25. The highest BCUT2D eigenvalue weighted by Crippen LogP contribution is 2.12. The molecule has 0 aromatic heterocycles. The summed E-state index contributed by atoms with van der Waals surface area (Å²) in [5.41, 5.74) is 1.10. The molecule has 3 nitrogen and oxygen atoms in total. The third-order valence-corrected chi connectivity index (χ3v) is 2.74. The van der Waals surface area contributed by atoms with Crippen LogP contribution in [-0.2, 0) is 4.74 Å². The van der Waals surface area contributed by atoms with Crippen LogP contribution in [0.25, 0.3) is 0 Å². The molecule has 0 aliphatic carbocycles. The van der Waals surface area contributed by atoms with E-state index in [2.05, 4.69) is 17.3 Å². The largest absolute Gasteiger partial charge is 0.384 e. The van der Waals surface area contributed by atoms with Gasteiger partial charge in [0.15, 0.2) is 0 Å². The molecule has 0 amide bonds. The summed E-state index contributed by atoms with van der Waals surface area (Å²) < 4.78 is 5.31. The maximum absolute atomic E-state index is 5.82. The number of likely N-dealkylation sites (N-methyl/N-ethyl adjacent to an activating group) is 1. The molecule has 0 unspecified atom stereocenters. The highest BCUT2D eigenvalue weighted by molar-refractivity contribution is 6.30. The van der Waals surface area contributed by atoms with Gasteiger partial charge in [-0.2, -0.15) is 0 Å². The van der Waals surface area contributed by atoms with Crippen LogP contribution >= 0.6 is 11.6 Å². The van der Waals surface area contributed by atoms with Gasteiger partial charge in [0, 0.05) is 37.0 Å². The molecule has 0 aliphatic heterocycles. The average Bonchev–Trinajstić information content (AvgIpc) is 2.32. The zero-order valence-electron chi connectivity index (χ0n) is 10.6. The van der Waals surface area contributed by atoms with Gasteiger partial charge in [-0.1, -0.05) is 11.6 Å². The Balaban J connectivity index is 2.12. The number of nitrogens with one attached hydrogen (secondary N) is 1. The van der Waals surface area contributed by atoms with E-state index in [0.29, 0.717) is 0 Å². The highest BCUT2D eigenvalue weighted by atomic mass is 35.5. The molecule has 0 atom stereocenters.